The number of nitrogens with zero attached hydrogens (tertiary/aromatic N) is 2. The Labute approximate surface area is 200 Å². The van der Waals surface area contributed by atoms with Gasteiger partial charge in [-0.1, -0.05) is 0 Å². The molecule has 4 rings (SSSR count). The van der Waals surface area contributed by atoms with Crippen LogP contribution in [0.25, 0.3) is 0 Å². The maximum Gasteiger partial charge on any atom is 0.347 e. The Hall–Kier alpha value is -3.98. The Balaban J connectivity index is 1.56. The summed E-state index contributed by atoms with van der Waals surface area (Å²) in [7, 11) is 1.25. The molecule has 1 aliphatic rings. The normalized spacial score (nSPS) is 15.2. The lowest BCUT2D eigenvalue weighted by molar-refractivity contribution is -0.290. The molecule has 0 saturated carbocycles. The van der Waals surface area contributed by atoms with Crippen molar-refractivity contribution < 1.29 is 47.9 Å². The smallest absolute Gasteiger partial charge is 0.347 e. The van der Waals surface area contributed by atoms with E-state index >= 15 is 0 Å². The minimum absolute atomic E-state index is 0.0724. The van der Waals surface area contributed by atoms with Crippen LogP contribution in [-0.2, 0) is 28.0 Å². The third kappa shape index (κ3) is 5.31. The fraction of sp³-hybridized carbons (Fsp3) is 0.227. The molecular weight excluding hydrogens is 489 g/mol. The van der Waals surface area contributed by atoms with E-state index in [0.717, 1.165) is 12.3 Å². The maximum absolute atomic E-state index is 14.3. The number of rotatable bonds is 7. The summed E-state index contributed by atoms with van der Waals surface area (Å²) in [5.41, 5.74) is -1.42. The van der Waals surface area contributed by atoms with Crippen molar-refractivity contribution in [3.05, 3.63) is 65.1 Å². The molecule has 0 spiro atoms. The molecule has 1 atom stereocenters. The second-order valence-corrected chi connectivity index (χ2v) is 7.73. The molecule has 0 radical (unpaired) electrons. The van der Waals surface area contributed by atoms with Crippen LogP contribution >= 0.6 is 0 Å². The van der Waals surface area contributed by atoms with E-state index in [9.17, 15) is 28.2 Å². The quantitative estimate of drug-likeness (QED) is 0.203. The topological polar surface area (TPSA) is 166 Å². The second kappa shape index (κ2) is 9.23. The Kier molecular flexibility index (Phi) is 6.44. The number of fused-ring (bicyclic) bond motifs is 1. The van der Waals surface area contributed by atoms with Crippen LogP contribution < -0.4 is 15.4 Å². The van der Waals surface area contributed by atoms with Crippen LogP contribution in [0, 0.1) is 5.82 Å². The third-order valence-electron chi connectivity index (χ3n) is 5.17. The second-order valence-electron chi connectivity index (χ2n) is 7.73. The zero-order valence-corrected chi connectivity index (χ0v) is 18.4. The molecule has 1 unspecified atom stereocenters. The zero-order valence-electron chi connectivity index (χ0n) is 18.4. The van der Waals surface area contributed by atoms with Crippen LogP contribution in [0.5, 0.6) is 5.75 Å². The van der Waals surface area contributed by atoms with Gasteiger partial charge in [-0.15, -0.1) is 0 Å². The summed E-state index contributed by atoms with van der Waals surface area (Å²) in [4.78, 5) is 19.5. The van der Waals surface area contributed by atoms with Gasteiger partial charge >= 0.3 is 18.1 Å². The number of aliphatic hydroxyl groups is 4. The number of alkyl halides is 2. The number of carbonyl (C=O) groups excluding carboxylic acids is 1. The summed E-state index contributed by atoms with van der Waals surface area (Å²) in [5, 5.41) is 42.0. The Morgan fingerprint density at radius 2 is 1.72 bits per heavy atom. The van der Waals surface area contributed by atoms with Crippen molar-refractivity contribution in [1.29, 1.82) is 0 Å². The van der Waals surface area contributed by atoms with Gasteiger partial charge in [-0.3, -0.25) is 0 Å². The van der Waals surface area contributed by atoms with Crippen molar-refractivity contribution in [1.82, 2.24) is 9.97 Å². The Morgan fingerprint density at radius 1 is 1.06 bits per heavy atom. The highest BCUT2D eigenvalue weighted by Gasteiger charge is 2.37. The lowest BCUT2D eigenvalue weighted by Gasteiger charge is -2.21. The number of ether oxygens (including phenoxy) is 2. The van der Waals surface area contributed by atoms with Crippen molar-refractivity contribution in [3.8, 4) is 5.75 Å². The van der Waals surface area contributed by atoms with Gasteiger partial charge in [-0.25, -0.2) is 14.2 Å². The van der Waals surface area contributed by atoms with Gasteiger partial charge < -0.3 is 40.5 Å². The molecule has 1 aromatic heterocycles. The van der Waals surface area contributed by atoms with Crippen molar-refractivity contribution in [2.75, 3.05) is 17.7 Å². The average Bonchev–Trinajstić information content (AvgIpc) is 3.23. The minimum atomic E-state index is -4.14. The Bertz CT molecular complexity index is 1310. The van der Waals surface area contributed by atoms with Crippen LogP contribution in [0.1, 0.15) is 16.7 Å². The fourth-order valence-corrected chi connectivity index (χ4v) is 3.53. The molecule has 0 aliphatic carbocycles. The summed E-state index contributed by atoms with van der Waals surface area (Å²) in [6, 6.07) is -1.03. The highest BCUT2D eigenvalue weighted by Crippen LogP contribution is 2.35. The number of benzene rings is 2. The molecule has 0 saturated heterocycles. The van der Waals surface area contributed by atoms with Crippen LogP contribution in [0.3, 0.4) is 0 Å². The number of hydrogen-bond donors (Lipinski definition) is 6. The molecule has 6 N–H and O–H groups in total. The molecule has 14 heteroatoms. The standard InChI is InChI=1S/C22H19F3N4O7/c1-35-19(30)17-7-10-6-11(3-5-16(10)36-17)28-20-26-9-15(23)18(29-20)27-12-2-4-13(21(24,31)32)14(8-12)22(25,33)34/h2-6,8-9,17,31-34H,7H2,1H3,(H2,26,27,28,29). The van der Waals surface area contributed by atoms with Crippen molar-refractivity contribution in [2.45, 2.75) is 24.6 Å². The van der Waals surface area contributed by atoms with Crippen molar-refractivity contribution in [2.24, 2.45) is 0 Å². The first-order valence-corrected chi connectivity index (χ1v) is 10.2. The van der Waals surface area contributed by atoms with Crippen molar-refractivity contribution in [3.63, 3.8) is 0 Å². The van der Waals surface area contributed by atoms with E-state index in [1.807, 2.05) is 0 Å². The minimum Gasteiger partial charge on any atom is -0.478 e. The number of methoxy groups -OCH3 is 1. The summed E-state index contributed by atoms with van der Waals surface area (Å²) in [5.74, 6) is -1.47. The lowest BCUT2D eigenvalue weighted by atomic mass is 10.0. The number of halogens is 3. The van der Waals surface area contributed by atoms with Gasteiger partial charge in [0.2, 0.25) is 5.95 Å². The highest BCUT2D eigenvalue weighted by atomic mass is 19.2. The number of hydrogen-bond acceptors (Lipinski definition) is 11. The van der Waals surface area contributed by atoms with Crippen LogP contribution in [0.2, 0.25) is 0 Å². The maximum atomic E-state index is 14.3. The van der Waals surface area contributed by atoms with Gasteiger partial charge in [-0.2, -0.15) is 13.8 Å². The summed E-state index contributed by atoms with van der Waals surface area (Å²) in [6.45, 7) is 0. The van der Waals surface area contributed by atoms with Crippen LogP contribution in [0.4, 0.5) is 36.3 Å². The first-order chi connectivity index (χ1) is 16.8. The molecule has 0 amide bonds. The van der Waals surface area contributed by atoms with Gasteiger partial charge in [0.1, 0.15) is 5.75 Å². The summed E-state index contributed by atoms with van der Waals surface area (Å²) < 4.78 is 51.8. The van der Waals surface area contributed by atoms with Crippen molar-refractivity contribution >= 4 is 29.1 Å². The molecule has 0 fully saturated rings. The number of esters is 1. The molecule has 190 valence electrons. The molecule has 11 nitrogen and oxygen atoms in total. The number of aromatic nitrogens is 2. The molecule has 2 aromatic carbocycles. The zero-order chi connectivity index (χ0) is 26.3. The van der Waals surface area contributed by atoms with E-state index in [-0.39, 0.29) is 18.1 Å². The van der Waals surface area contributed by atoms with Gasteiger partial charge in [0.25, 0.3) is 0 Å². The predicted octanol–water partition coefficient (Wildman–Crippen LogP) is 1.71. The number of anilines is 4. The first kappa shape index (κ1) is 25.1. The molecule has 0 bridgehead atoms. The Morgan fingerprint density at radius 3 is 2.39 bits per heavy atom. The lowest BCUT2D eigenvalue weighted by Crippen LogP contribution is -2.27. The SMILES string of the molecule is COC(=O)C1Cc2cc(Nc3ncc(F)c(Nc4ccc(C(O)(O)F)c(C(O)(O)F)c4)n3)ccc2O1. The molecular formula is C22H19F3N4O7. The van der Waals surface area contributed by atoms with E-state index in [2.05, 4.69) is 25.3 Å². The third-order valence-corrected chi connectivity index (χ3v) is 5.17. The molecule has 2 heterocycles. The van der Waals surface area contributed by atoms with E-state index in [4.69, 9.17) is 14.9 Å². The van der Waals surface area contributed by atoms with Gasteiger partial charge in [0.15, 0.2) is 17.7 Å². The summed E-state index contributed by atoms with van der Waals surface area (Å²) >= 11 is 0. The monoisotopic (exact) mass is 508 g/mol. The first-order valence-electron chi connectivity index (χ1n) is 10.2. The number of nitrogens with one attached hydrogen (secondary N) is 2. The average molecular weight is 508 g/mol. The van der Waals surface area contributed by atoms with E-state index in [1.165, 1.54) is 7.11 Å². The van der Waals surface area contributed by atoms with E-state index in [0.29, 0.717) is 29.1 Å². The van der Waals surface area contributed by atoms with E-state index < -0.39 is 46.9 Å². The van der Waals surface area contributed by atoms with Crippen LogP contribution in [0.15, 0.2) is 42.6 Å². The van der Waals surface area contributed by atoms with Gasteiger partial charge in [0, 0.05) is 23.4 Å². The highest BCUT2D eigenvalue weighted by molar-refractivity contribution is 5.77. The van der Waals surface area contributed by atoms with Gasteiger partial charge in [-0.05, 0) is 36.4 Å². The summed E-state index contributed by atoms with van der Waals surface area (Å²) in [6.07, 6.45) is 0.331. The molecule has 3 aromatic rings. The fourth-order valence-electron chi connectivity index (χ4n) is 3.53. The van der Waals surface area contributed by atoms with Crippen LogP contribution in [-0.4, -0.2) is 49.6 Å². The largest absolute Gasteiger partial charge is 0.478 e. The molecule has 1 aliphatic heterocycles. The van der Waals surface area contributed by atoms with Gasteiger partial charge in [0.05, 0.1) is 24.4 Å². The molecule has 36 heavy (non-hydrogen) atoms. The number of carbonyl (C=O) groups is 1. The van der Waals surface area contributed by atoms with E-state index in [1.54, 1.807) is 18.2 Å². The predicted molar refractivity (Wildman–Crippen MR) is 116 cm³/mol.